The minimum Gasteiger partial charge on any atom is -0.397 e. The first-order valence-electron chi connectivity index (χ1n) is 7.08. The van der Waals surface area contributed by atoms with Crippen LogP contribution in [0.4, 0.5) is 11.4 Å². The number of hydrazone groups is 1. The zero-order chi connectivity index (χ0) is 14.7. The predicted molar refractivity (Wildman–Crippen MR) is 82.9 cm³/mol. The second-order valence-corrected chi connectivity index (χ2v) is 5.08. The summed E-state index contributed by atoms with van der Waals surface area (Å²) in [7, 11) is 0. The summed E-state index contributed by atoms with van der Waals surface area (Å²) in [6.45, 7) is 8.08. The Bertz CT molecular complexity index is 535. The van der Waals surface area contributed by atoms with E-state index in [0.717, 1.165) is 35.7 Å². The van der Waals surface area contributed by atoms with Gasteiger partial charge >= 0.3 is 0 Å². The standard InChI is InChI=1S/C15H22N4O/c1-4-19(5-2)13-7-6-11(9-12(13)16)15-10(3)8-14(20)17-18-15/h6-7,9-10H,4-5,8,16H2,1-3H3,(H,17,20)/t10-/m1/s1. The largest absolute Gasteiger partial charge is 0.397 e. The van der Waals surface area contributed by atoms with Crippen LogP contribution < -0.4 is 16.1 Å². The lowest BCUT2D eigenvalue weighted by atomic mass is 9.93. The molecular weight excluding hydrogens is 252 g/mol. The summed E-state index contributed by atoms with van der Waals surface area (Å²) in [5, 5.41) is 4.17. The lowest BCUT2D eigenvalue weighted by molar-refractivity contribution is -0.121. The van der Waals surface area contributed by atoms with Crippen molar-refractivity contribution in [3.05, 3.63) is 23.8 Å². The average molecular weight is 274 g/mol. The number of anilines is 2. The summed E-state index contributed by atoms with van der Waals surface area (Å²) < 4.78 is 0. The maximum atomic E-state index is 11.3. The molecule has 1 amide bonds. The lowest BCUT2D eigenvalue weighted by Crippen LogP contribution is -2.32. The van der Waals surface area contributed by atoms with E-state index in [4.69, 9.17) is 5.73 Å². The van der Waals surface area contributed by atoms with Gasteiger partial charge in [0.15, 0.2) is 0 Å². The van der Waals surface area contributed by atoms with Crippen molar-refractivity contribution in [2.24, 2.45) is 11.0 Å². The number of hydrogen-bond donors (Lipinski definition) is 2. The van der Waals surface area contributed by atoms with Crippen LogP contribution in [0.1, 0.15) is 32.8 Å². The molecule has 1 heterocycles. The molecule has 20 heavy (non-hydrogen) atoms. The van der Waals surface area contributed by atoms with Gasteiger partial charge in [-0.25, -0.2) is 5.43 Å². The Morgan fingerprint density at radius 3 is 2.65 bits per heavy atom. The van der Waals surface area contributed by atoms with Gasteiger partial charge in [-0.2, -0.15) is 5.10 Å². The molecule has 0 bridgehead atoms. The van der Waals surface area contributed by atoms with Crippen LogP contribution in [0, 0.1) is 5.92 Å². The number of nitrogen functional groups attached to an aromatic ring is 1. The molecule has 3 N–H and O–H groups in total. The normalized spacial score (nSPS) is 18.4. The molecule has 5 heteroatoms. The number of nitrogens with zero attached hydrogens (tertiary/aromatic N) is 2. The quantitative estimate of drug-likeness (QED) is 0.825. The monoisotopic (exact) mass is 274 g/mol. The number of hydrogen-bond acceptors (Lipinski definition) is 4. The first-order valence-corrected chi connectivity index (χ1v) is 7.08. The summed E-state index contributed by atoms with van der Waals surface area (Å²) >= 11 is 0. The first-order chi connectivity index (χ1) is 9.56. The average Bonchev–Trinajstić information content (AvgIpc) is 2.42. The lowest BCUT2D eigenvalue weighted by Gasteiger charge is -2.24. The van der Waals surface area contributed by atoms with Gasteiger partial charge in [-0.05, 0) is 26.0 Å². The van der Waals surface area contributed by atoms with Crippen molar-refractivity contribution < 1.29 is 4.79 Å². The zero-order valence-corrected chi connectivity index (χ0v) is 12.3. The van der Waals surface area contributed by atoms with Gasteiger partial charge in [-0.15, -0.1) is 0 Å². The van der Waals surface area contributed by atoms with Crippen LogP contribution in [0.5, 0.6) is 0 Å². The maximum absolute atomic E-state index is 11.3. The number of carbonyl (C=O) groups is 1. The van der Waals surface area contributed by atoms with Gasteiger partial charge in [-0.3, -0.25) is 4.79 Å². The van der Waals surface area contributed by atoms with E-state index in [9.17, 15) is 4.79 Å². The molecule has 0 aliphatic carbocycles. The number of benzene rings is 1. The van der Waals surface area contributed by atoms with Crippen molar-refractivity contribution >= 4 is 23.0 Å². The predicted octanol–water partition coefficient (Wildman–Crippen LogP) is 1.98. The second-order valence-electron chi connectivity index (χ2n) is 5.08. The molecule has 1 aliphatic heterocycles. The van der Waals surface area contributed by atoms with Crippen LogP contribution in [0.25, 0.3) is 0 Å². The molecule has 1 aliphatic rings. The Kier molecular flexibility index (Phi) is 4.27. The molecule has 5 nitrogen and oxygen atoms in total. The molecule has 0 aromatic heterocycles. The van der Waals surface area contributed by atoms with E-state index in [0.29, 0.717) is 6.42 Å². The van der Waals surface area contributed by atoms with Gasteiger partial charge in [0.05, 0.1) is 17.1 Å². The summed E-state index contributed by atoms with van der Waals surface area (Å²) in [6, 6.07) is 6.00. The number of nitrogens with one attached hydrogen (secondary N) is 1. The molecule has 0 radical (unpaired) electrons. The van der Waals surface area contributed by atoms with Gasteiger partial charge < -0.3 is 10.6 Å². The van der Waals surface area contributed by atoms with Crippen molar-refractivity contribution in [3.8, 4) is 0 Å². The van der Waals surface area contributed by atoms with Crippen molar-refractivity contribution in [2.75, 3.05) is 23.7 Å². The van der Waals surface area contributed by atoms with E-state index in [2.05, 4.69) is 29.3 Å². The molecule has 1 aromatic rings. The van der Waals surface area contributed by atoms with Crippen LogP contribution in [-0.2, 0) is 4.79 Å². The summed E-state index contributed by atoms with van der Waals surface area (Å²) in [5.41, 5.74) is 12.4. The fourth-order valence-corrected chi connectivity index (χ4v) is 2.57. The van der Waals surface area contributed by atoms with Crippen LogP contribution in [0.15, 0.2) is 23.3 Å². The Morgan fingerprint density at radius 1 is 1.40 bits per heavy atom. The third kappa shape index (κ3) is 2.76. The Labute approximate surface area is 119 Å². The number of carbonyl (C=O) groups excluding carboxylic acids is 1. The highest BCUT2D eigenvalue weighted by atomic mass is 16.2. The van der Waals surface area contributed by atoms with Gasteiger partial charge in [-0.1, -0.05) is 13.0 Å². The molecule has 108 valence electrons. The Balaban J connectivity index is 2.32. The van der Waals surface area contributed by atoms with Crippen molar-refractivity contribution in [3.63, 3.8) is 0 Å². The fourth-order valence-electron chi connectivity index (χ4n) is 2.57. The van der Waals surface area contributed by atoms with Crippen LogP contribution in [0.3, 0.4) is 0 Å². The van der Waals surface area contributed by atoms with E-state index in [1.807, 2.05) is 25.1 Å². The van der Waals surface area contributed by atoms with E-state index in [-0.39, 0.29) is 11.8 Å². The maximum Gasteiger partial charge on any atom is 0.240 e. The highest BCUT2D eigenvalue weighted by Gasteiger charge is 2.22. The van der Waals surface area contributed by atoms with Gasteiger partial charge in [0, 0.05) is 31.0 Å². The van der Waals surface area contributed by atoms with Crippen LogP contribution in [0.2, 0.25) is 0 Å². The Hall–Kier alpha value is -2.04. The fraction of sp³-hybridized carbons (Fsp3) is 0.467. The number of nitrogens with two attached hydrogens (primary N) is 1. The summed E-state index contributed by atoms with van der Waals surface area (Å²) in [6.07, 6.45) is 0.469. The number of amides is 1. The molecular formula is C15H22N4O. The van der Waals surface area contributed by atoms with Crippen molar-refractivity contribution in [1.29, 1.82) is 0 Å². The van der Waals surface area contributed by atoms with Crippen LogP contribution in [-0.4, -0.2) is 24.7 Å². The molecule has 0 saturated heterocycles. The van der Waals surface area contributed by atoms with E-state index in [1.165, 1.54) is 0 Å². The molecule has 0 spiro atoms. The second kappa shape index (κ2) is 5.94. The molecule has 1 atom stereocenters. The minimum atomic E-state index is -0.0333. The highest BCUT2D eigenvalue weighted by Crippen LogP contribution is 2.26. The summed E-state index contributed by atoms with van der Waals surface area (Å²) in [5.74, 6) is 0.0800. The van der Waals surface area contributed by atoms with Gasteiger partial charge in [0.25, 0.3) is 0 Å². The van der Waals surface area contributed by atoms with Crippen molar-refractivity contribution in [1.82, 2.24) is 5.43 Å². The SMILES string of the molecule is CCN(CC)c1ccc(C2=NNC(=O)C[C@H]2C)cc1N. The molecule has 0 unspecified atom stereocenters. The van der Waals surface area contributed by atoms with E-state index in [1.54, 1.807) is 0 Å². The van der Waals surface area contributed by atoms with Crippen LogP contribution >= 0.6 is 0 Å². The molecule has 1 aromatic carbocycles. The molecule has 0 fully saturated rings. The third-order valence-corrected chi connectivity index (χ3v) is 3.69. The van der Waals surface area contributed by atoms with Gasteiger partial charge in [0.1, 0.15) is 0 Å². The third-order valence-electron chi connectivity index (χ3n) is 3.69. The first kappa shape index (κ1) is 14.4. The van der Waals surface area contributed by atoms with E-state index < -0.39 is 0 Å². The van der Waals surface area contributed by atoms with Gasteiger partial charge in [0.2, 0.25) is 5.91 Å². The summed E-state index contributed by atoms with van der Waals surface area (Å²) in [4.78, 5) is 13.5. The zero-order valence-electron chi connectivity index (χ0n) is 12.3. The Morgan fingerprint density at radius 2 is 2.10 bits per heavy atom. The number of rotatable bonds is 4. The molecule has 2 rings (SSSR count). The van der Waals surface area contributed by atoms with E-state index >= 15 is 0 Å². The van der Waals surface area contributed by atoms with Crippen molar-refractivity contribution in [2.45, 2.75) is 27.2 Å². The molecule has 0 saturated carbocycles. The minimum absolute atomic E-state index is 0.0333. The smallest absolute Gasteiger partial charge is 0.240 e. The topological polar surface area (TPSA) is 70.7 Å². The highest BCUT2D eigenvalue weighted by molar-refractivity contribution is 6.06.